The molecule has 0 radical (unpaired) electrons. The van der Waals surface area contributed by atoms with Crippen LogP contribution in [0.5, 0.6) is 5.75 Å². The van der Waals surface area contributed by atoms with Crippen LogP contribution >= 0.6 is 11.6 Å². The molecule has 1 aliphatic heterocycles. The van der Waals surface area contributed by atoms with Crippen molar-refractivity contribution in [3.8, 4) is 5.75 Å². The summed E-state index contributed by atoms with van der Waals surface area (Å²) in [6.45, 7) is 2.54. The fraction of sp³-hybridized carbons (Fsp3) is 0.286. The Labute approximate surface area is 107 Å². The number of nitrogens with one attached hydrogen (secondary N) is 1. The molecule has 0 aliphatic carbocycles. The zero-order valence-electron chi connectivity index (χ0n) is 9.66. The summed E-state index contributed by atoms with van der Waals surface area (Å²) in [7, 11) is 0. The highest BCUT2D eigenvalue weighted by atomic mass is 35.5. The lowest BCUT2D eigenvalue weighted by Crippen LogP contribution is -2.19. The first-order valence-electron chi connectivity index (χ1n) is 5.78. The third-order valence-electron chi connectivity index (χ3n) is 2.72. The molecule has 0 unspecified atom stereocenters. The van der Waals surface area contributed by atoms with Gasteiger partial charge in [-0.2, -0.15) is 0 Å². The lowest BCUT2D eigenvalue weighted by molar-refractivity contribution is 0.363. The normalized spacial score (nSPS) is 15.9. The molecule has 2 rings (SSSR count). The van der Waals surface area contributed by atoms with E-state index < -0.39 is 0 Å². The molecule has 1 aromatic rings. The highest BCUT2D eigenvalue weighted by Gasteiger charge is 2.05. The average Bonchev–Trinajstić information content (AvgIpc) is 2.41. The minimum atomic E-state index is 0.509. The molecular formula is C14H16ClNO. The van der Waals surface area contributed by atoms with Gasteiger partial charge in [0.1, 0.15) is 12.4 Å². The maximum absolute atomic E-state index is 5.49. The molecule has 1 aromatic carbocycles. The summed E-state index contributed by atoms with van der Waals surface area (Å²) in [5.41, 5.74) is 4.16. The molecule has 1 heterocycles. The van der Waals surface area contributed by atoms with Crippen molar-refractivity contribution < 1.29 is 4.74 Å². The fourth-order valence-corrected chi connectivity index (χ4v) is 1.90. The molecule has 2 nitrogen and oxygen atoms in total. The third kappa shape index (κ3) is 3.62. The van der Waals surface area contributed by atoms with E-state index in [2.05, 4.69) is 23.5 Å². The Bertz CT molecular complexity index is 409. The molecule has 0 bridgehead atoms. The van der Waals surface area contributed by atoms with Crippen LogP contribution in [0.2, 0.25) is 0 Å². The molecule has 0 amide bonds. The van der Waals surface area contributed by atoms with Crippen LogP contribution in [-0.4, -0.2) is 19.7 Å². The minimum absolute atomic E-state index is 0.509. The van der Waals surface area contributed by atoms with Gasteiger partial charge in [0.25, 0.3) is 0 Å². The van der Waals surface area contributed by atoms with Gasteiger partial charge in [0.05, 0.1) is 0 Å². The highest BCUT2D eigenvalue weighted by molar-refractivity contribution is 6.25. The molecule has 3 heteroatoms. The van der Waals surface area contributed by atoms with Gasteiger partial charge >= 0.3 is 0 Å². The first-order valence-corrected chi connectivity index (χ1v) is 6.22. The van der Waals surface area contributed by atoms with Crippen molar-refractivity contribution in [2.75, 3.05) is 19.7 Å². The number of rotatable bonds is 4. The van der Waals surface area contributed by atoms with Crippen LogP contribution in [-0.2, 0) is 0 Å². The van der Waals surface area contributed by atoms with E-state index in [1.165, 1.54) is 16.7 Å². The topological polar surface area (TPSA) is 21.3 Å². The lowest BCUT2D eigenvalue weighted by Gasteiger charge is -2.14. The smallest absolute Gasteiger partial charge is 0.119 e. The van der Waals surface area contributed by atoms with Crippen LogP contribution < -0.4 is 10.1 Å². The van der Waals surface area contributed by atoms with E-state index in [4.69, 9.17) is 16.3 Å². The van der Waals surface area contributed by atoms with Crippen molar-refractivity contribution in [1.29, 1.82) is 0 Å². The van der Waals surface area contributed by atoms with Gasteiger partial charge in [-0.1, -0.05) is 29.8 Å². The van der Waals surface area contributed by atoms with Crippen molar-refractivity contribution in [3.05, 3.63) is 47.5 Å². The van der Waals surface area contributed by atoms with E-state index in [0.29, 0.717) is 6.61 Å². The largest absolute Gasteiger partial charge is 0.490 e. The van der Waals surface area contributed by atoms with Crippen LogP contribution in [0, 0.1) is 0 Å². The van der Waals surface area contributed by atoms with Crippen molar-refractivity contribution in [2.45, 2.75) is 6.42 Å². The molecule has 0 saturated heterocycles. The summed E-state index contributed by atoms with van der Waals surface area (Å²) < 4.78 is 5.49. The van der Waals surface area contributed by atoms with Crippen LogP contribution in [0.4, 0.5) is 0 Å². The van der Waals surface area contributed by atoms with Gasteiger partial charge in [0.15, 0.2) is 0 Å². The summed E-state index contributed by atoms with van der Waals surface area (Å²) in [6, 6.07) is 8.22. The number of hydrogen-bond donors (Lipinski definition) is 1. The number of hydrogen-bond acceptors (Lipinski definition) is 2. The van der Waals surface area contributed by atoms with Crippen LogP contribution in [0.15, 0.2) is 42.0 Å². The second kappa shape index (κ2) is 6.48. The van der Waals surface area contributed by atoms with Crippen molar-refractivity contribution in [1.82, 2.24) is 5.32 Å². The minimum Gasteiger partial charge on any atom is -0.490 e. The Kier molecular flexibility index (Phi) is 4.65. The number of halogens is 1. The van der Waals surface area contributed by atoms with E-state index >= 15 is 0 Å². The fourth-order valence-electron chi connectivity index (χ4n) is 1.83. The van der Waals surface area contributed by atoms with E-state index in [1.807, 2.05) is 12.1 Å². The molecule has 1 N–H and O–H groups in total. The third-order valence-corrected chi connectivity index (χ3v) is 2.90. The summed E-state index contributed by atoms with van der Waals surface area (Å²) >= 11 is 5.42. The van der Waals surface area contributed by atoms with Crippen molar-refractivity contribution >= 4 is 17.2 Å². The van der Waals surface area contributed by atoms with Crippen LogP contribution in [0.1, 0.15) is 12.0 Å². The summed E-state index contributed by atoms with van der Waals surface area (Å²) in [5, 5.41) is 3.31. The Hall–Kier alpha value is -1.25. The first kappa shape index (κ1) is 12.2. The van der Waals surface area contributed by atoms with Gasteiger partial charge in [-0.05, 0) is 42.3 Å². The Morgan fingerprint density at radius 2 is 2.12 bits per heavy atom. The van der Waals surface area contributed by atoms with Gasteiger partial charge < -0.3 is 10.1 Å². The van der Waals surface area contributed by atoms with E-state index in [0.717, 1.165) is 25.3 Å². The molecule has 0 fully saturated rings. The Morgan fingerprint density at radius 1 is 1.29 bits per heavy atom. The SMILES string of the molecule is ClC=CCOc1ccc(C2=CCNCC2)cc1. The van der Waals surface area contributed by atoms with Crippen molar-refractivity contribution in [3.63, 3.8) is 0 Å². The highest BCUT2D eigenvalue weighted by Crippen LogP contribution is 2.22. The first-order chi connectivity index (χ1) is 8.40. The van der Waals surface area contributed by atoms with E-state index in [1.54, 1.807) is 6.08 Å². The van der Waals surface area contributed by atoms with Gasteiger partial charge in [-0.15, -0.1) is 0 Å². The summed E-state index contributed by atoms with van der Waals surface area (Å²) in [4.78, 5) is 0. The maximum atomic E-state index is 5.49. The standard InChI is InChI=1S/C14H16ClNO/c15-8-1-11-17-14-4-2-12(3-5-14)13-6-9-16-10-7-13/h1-6,8,16H,7,9-11H2. The van der Waals surface area contributed by atoms with E-state index in [-0.39, 0.29) is 0 Å². The maximum Gasteiger partial charge on any atom is 0.119 e. The molecular weight excluding hydrogens is 234 g/mol. The average molecular weight is 250 g/mol. The van der Waals surface area contributed by atoms with Crippen molar-refractivity contribution in [2.24, 2.45) is 0 Å². The molecule has 0 spiro atoms. The van der Waals surface area contributed by atoms with E-state index in [9.17, 15) is 0 Å². The predicted molar refractivity (Wildman–Crippen MR) is 72.4 cm³/mol. The Morgan fingerprint density at radius 3 is 2.76 bits per heavy atom. The molecule has 0 saturated carbocycles. The Balaban J connectivity index is 1.99. The van der Waals surface area contributed by atoms with Crippen LogP contribution in [0.3, 0.4) is 0 Å². The number of ether oxygens (including phenoxy) is 1. The second-order valence-corrected chi connectivity index (χ2v) is 4.13. The predicted octanol–water partition coefficient (Wildman–Crippen LogP) is 3.19. The molecule has 0 atom stereocenters. The van der Waals surface area contributed by atoms with Gasteiger partial charge in [0.2, 0.25) is 0 Å². The molecule has 17 heavy (non-hydrogen) atoms. The quantitative estimate of drug-likeness (QED) is 0.885. The monoisotopic (exact) mass is 249 g/mol. The van der Waals surface area contributed by atoms with Gasteiger partial charge in [0, 0.05) is 12.1 Å². The lowest BCUT2D eigenvalue weighted by atomic mass is 10.0. The van der Waals surface area contributed by atoms with Gasteiger partial charge in [-0.3, -0.25) is 0 Å². The molecule has 1 aliphatic rings. The van der Waals surface area contributed by atoms with Crippen LogP contribution in [0.25, 0.3) is 5.57 Å². The summed E-state index contributed by atoms with van der Waals surface area (Å²) in [5.74, 6) is 0.873. The zero-order valence-corrected chi connectivity index (χ0v) is 10.4. The second-order valence-electron chi connectivity index (χ2n) is 3.88. The summed E-state index contributed by atoms with van der Waals surface area (Å²) in [6.07, 6.45) is 5.11. The number of benzene rings is 1. The molecule has 0 aromatic heterocycles. The zero-order chi connectivity index (χ0) is 11.9. The molecule has 90 valence electrons. The van der Waals surface area contributed by atoms with Gasteiger partial charge in [-0.25, -0.2) is 0 Å².